The molecule has 0 unspecified atom stereocenters. The third-order valence-corrected chi connectivity index (χ3v) is 7.13. The number of hydrogen-bond acceptors (Lipinski definition) is 8. The topological polar surface area (TPSA) is 126 Å². The van der Waals surface area contributed by atoms with E-state index in [0.717, 1.165) is 18.4 Å². The van der Waals surface area contributed by atoms with E-state index >= 15 is 0 Å². The highest BCUT2D eigenvalue weighted by Crippen LogP contribution is 2.33. The third-order valence-electron chi connectivity index (χ3n) is 7.13. The Balaban J connectivity index is 2.11. The van der Waals surface area contributed by atoms with E-state index in [-0.39, 0.29) is 49.4 Å². The molecule has 0 aromatic carbocycles. The van der Waals surface area contributed by atoms with Crippen LogP contribution in [0.1, 0.15) is 80.1 Å². The van der Waals surface area contributed by atoms with E-state index in [2.05, 4.69) is 13.0 Å². The van der Waals surface area contributed by atoms with Crippen LogP contribution in [0.2, 0.25) is 0 Å². The van der Waals surface area contributed by atoms with Crippen molar-refractivity contribution in [2.24, 2.45) is 11.8 Å². The van der Waals surface area contributed by atoms with Crippen molar-refractivity contribution in [2.45, 2.75) is 122 Å². The molecule has 210 valence electrons. The molecule has 0 aliphatic carbocycles. The number of carbonyl (C=O) groups excluding carboxylic acids is 2. The van der Waals surface area contributed by atoms with Crippen LogP contribution < -0.4 is 0 Å². The lowest BCUT2D eigenvalue weighted by molar-refractivity contribution is -0.157. The molecule has 0 aromatic rings. The number of aliphatic hydroxyl groups is 3. The molecule has 0 saturated carbocycles. The number of aliphatic hydroxyl groups excluding tert-OH is 2. The van der Waals surface area contributed by atoms with Crippen LogP contribution in [0.15, 0.2) is 36.0 Å². The maximum absolute atomic E-state index is 12.6. The summed E-state index contributed by atoms with van der Waals surface area (Å²) >= 11 is 0. The molecule has 1 fully saturated rings. The Kier molecular flexibility index (Phi) is 12.0. The molecule has 0 bridgehead atoms. The lowest BCUT2D eigenvalue weighted by atomic mass is 9.88. The van der Waals surface area contributed by atoms with Crippen molar-refractivity contribution in [3.8, 4) is 0 Å². The molecular weight excluding hydrogens is 476 g/mol. The number of allylic oxidation sites excluding steroid dienone is 3. The zero-order valence-electron chi connectivity index (χ0n) is 23.1. The Hall–Kier alpha value is -2.00. The van der Waals surface area contributed by atoms with Crippen molar-refractivity contribution in [1.82, 2.24) is 0 Å². The molecule has 0 amide bonds. The van der Waals surface area contributed by atoms with Crippen LogP contribution in [0, 0.1) is 11.8 Å². The fourth-order valence-electron chi connectivity index (χ4n) is 4.60. The zero-order valence-corrected chi connectivity index (χ0v) is 23.1. The smallest absolute Gasteiger partial charge is 0.309 e. The van der Waals surface area contributed by atoms with Gasteiger partial charge in [0, 0.05) is 19.3 Å². The molecule has 2 heterocycles. The molecule has 2 aliphatic rings. The van der Waals surface area contributed by atoms with Gasteiger partial charge in [-0.15, -0.1) is 0 Å². The van der Waals surface area contributed by atoms with Gasteiger partial charge in [-0.25, -0.2) is 0 Å². The van der Waals surface area contributed by atoms with Crippen LogP contribution in [0.5, 0.6) is 0 Å². The predicted octanol–water partition coefficient (Wildman–Crippen LogP) is 3.78. The summed E-state index contributed by atoms with van der Waals surface area (Å²) in [5.74, 6) is -1.03. The van der Waals surface area contributed by atoms with Crippen molar-refractivity contribution in [1.29, 1.82) is 0 Å². The number of hydrogen-bond donors (Lipinski definition) is 3. The second kappa shape index (κ2) is 14.2. The molecule has 8 heteroatoms. The average molecular weight is 523 g/mol. The lowest BCUT2D eigenvalue weighted by Gasteiger charge is -2.32. The summed E-state index contributed by atoms with van der Waals surface area (Å²) in [7, 11) is 0. The summed E-state index contributed by atoms with van der Waals surface area (Å²) in [6, 6.07) is 0. The van der Waals surface area contributed by atoms with Gasteiger partial charge in [0.15, 0.2) is 0 Å². The largest absolute Gasteiger partial charge is 0.457 e. The molecule has 8 nitrogen and oxygen atoms in total. The van der Waals surface area contributed by atoms with E-state index < -0.39 is 35.9 Å². The average Bonchev–Trinajstić information content (AvgIpc) is 3.53. The van der Waals surface area contributed by atoms with E-state index in [1.165, 1.54) is 6.92 Å². The summed E-state index contributed by atoms with van der Waals surface area (Å²) < 4.78 is 16.8. The Morgan fingerprint density at radius 1 is 1.27 bits per heavy atom. The second-order valence-corrected chi connectivity index (χ2v) is 11.0. The van der Waals surface area contributed by atoms with Gasteiger partial charge in [0.25, 0.3) is 0 Å². The van der Waals surface area contributed by atoms with Gasteiger partial charge >= 0.3 is 11.9 Å². The van der Waals surface area contributed by atoms with Crippen LogP contribution in [-0.2, 0) is 23.8 Å². The predicted molar refractivity (Wildman–Crippen MR) is 140 cm³/mol. The molecule has 1 saturated heterocycles. The van der Waals surface area contributed by atoms with Crippen molar-refractivity contribution < 1.29 is 39.1 Å². The molecular formula is C29H46O8. The number of epoxide rings is 1. The number of cyclic esters (lactones) is 1. The van der Waals surface area contributed by atoms with Crippen molar-refractivity contribution in [3.05, 3.63) is 36.0 Å². The van der Waals surface area contributed by atoms with E-state index in [4.69, 9.17) is 14.2 Å². The van der Waals surface area contributed by atoms with Crippen LogP contribution >= 0.6 is 0 Å². The minimum absolute atomic E-state index is 0.137. The number of carbonyl (C=O) groups is 2. The highest BCUT2D eigenvalue weighted by Gasteiger charge is 2.40. The van der Waals surface area contributed by atoms with Crippen molar-refractivity contribution in [2.75, 3.05) is 0 Å². The first-order valence-corrected chi connectivity index (χ1v) is 13.5. The third kappa shape index (κ3) is 10.7. The maximum atomic E-state index is 12.6. The Labute approximate surface area is 221 Å². The molecule has 0 aromatic heterocycles. The Morgan fingerprint density at radius 2 is 1.95 bits per heavy atom. The van der Waals surface area contributed by atoms with Gasteiger partial charge in [0.05, 0.1) is 30.8 Å². The van der Waals surface area contributed by atoms with Gasteiger partial charge in [-0.1, -0.05) is 45.1 Å². The van der Waals surface area contributed by atoms with E-state index in [1.54, 1.807) is 19.1 Å². The number of rotatable bonds is 9. The minimum atomic E-state index is -1.40. The van der Waals surface area contributed by atoms with Crippen LogP contribution in [-0.4, -0.2) is 69.5 Å². The van der Waals surface area contributed by atoms with Gasteiger partial charge in [0.2, 0.25) is 0 Å². The van der Waals surface area contributed by atoms with Gasteiger partial charge < -0.3 is 29.5 Å². The van der Waals surface area contributed by atoms with E-state index in [9.17, 15) is 24.9 Å². The Morgan fingerprint density at radius 3 is 2.59 bits per heavy atom. The molecule has 0 spiro atoms. The number of ether oxygens (including phenoxy) is 3. The zero-order chi connectivity index (χ0) is 27.8. The monoisotopic (exact) mass is 522 g/mol. The fourth-order valence-corrected chi connectivity index (χ4v) is 4.60. The summed E-state index contributed by atoms with van der Waals surface area (Å²) in [5, 5.41) is 31.0. The summed E-state index contributed by atoms with van der Waals surface area (Å²) in [4.78, 5) is 24.2. The second-order valence-electron chi connectivity index (χ2n) is 11.0. The molecule has 2 rings (SSSR count). The summed E-state index contributed by atoms with van der Waals surface area (Å²) in [6.45, 7) is 10.7. The molecule has 3 N–H and O–H groups in total. The SMILES string of the molecule is CC[C@H](O)C[C@H]1O[C@@H]1C[C@@H](C)/C=C/C=C(\C)[C@@H]1OC(=O)C[C@H](O)CC[C@](C)(O)[C@@H](OC(C)=O)/C=C/[C@@H]1C. The molecule has 2 aliphatic heterocycles. The van der Waals surface area contributed by atoms with Crippen LogP contribution in [0.4, 0.5) is 0 Å². The lowest BCUT2D eigenvalue weighted by Crippen LogP contribution is -2.42. The van der Waals surface area contributed by atoms with Gasteiger partial charge in [0.1, 0.15) is 17.8 Å². The first-order valence-electron chi connectivity index (χ1n) is 13.5. The minimum Gasteiger partial charge on any atom is -0.457 e. The number of esters is 2. The van der Waals surface area contributed by atoms with Crippen molar-refractivity contribution >= 4 is 11.9 Å². The van der Waals surface area contributed by atoms with Gasteiger partial charge in [-0.2, -0.15) is 0 Å². The fraction of sp³-hybridized carbons (Fsp3) is 0.724. The summed E-state index contributed by atoms with van der Waals surface area (Å²) in [6.07, 6.45) is 9.29. The molecule has 37 heavy (non-hydrogen) atoms. The van der Waals surface area contributed by atoms with Crippen LogP contribution in [0.3, 0.4) is 0 Å². The van der Waals surface area contributed by atoms with Gasteiger partial charge in [-0.05, 0) is 57.1 Å². The maximum Gasteiger partial charge on any atom is 0.309 e. The van der Waals surface area contributed by atoms with E-state index in [0.29, 0.717) is 6.42 Å². The Bertz CT molecular complexity index is 845. The highest BCUT2D eigenvalue weighted by molar-refractivity contribution is 5.70. The normalized spacial score (nSPS) is 36.1. The molecule has 0 radical (unpaired) electrons. The van der Waals surface area contributed by atoms with Crippen LogP contribution in [0.25, 0.3) is 0 Å². The summed E-state index contributed by atoms with van der Waals surface area (Å²) in [5.41, 5.74) is -0.577. The highest BCUT2D eigenvalue weighted by atomic mass is 16.6. The quantitative estimate of drug-likeness (QED) is 0.181. The first-order chi connectivity index (χ1) is 17.3. The first kappa shape index (κ1) is 31.2. The van der Waals surface area contributed by atoms with Crippen molar-refractivity contribution in [3.63, 3.8) is 0 Å². The standard InChI is InChI=1S/C29H46O8/c1-7-22(31)16-25-24(36-25)15-18(2)9-8-10-19(3)28-20(4)11-12-26(35-21(5)30)29(6,34)14-13-23(32)17-27(33)37-28/h8-12,18,20,22-26,28,31-32,34H,7,13-17H2,1-6H3/b9-8+,12-11+,19-10+/t18-,20-,22-,23+,24+,25+,26-,28-,29-/m0/s1. The van der Waals surface area contributed by atoms with E-state index in [1.807, 2.05) is 32.9 Å². The molecule has 9 atom stereocenters. The van der Waals surface area contributed by atoms with Gasteiger partial charge in [-0.3, -0.25) is 9.59 Å².